The molecule has 0 amide bonds. The lowest BCUT2D eigenvalue weighted by Gasteiger charge is -2.31. The highest BCUT2D eigenvalue weighted by Gasteiger charge is 2.24. The topological polar surface area (TPSA) is 46.5 Å². The Balaban J connectivity index is 1.97. The molecule has 1 aliphatic carbocycles. The molecule has 3 nitrogen and oxygen atoms in total. The van der Waals surface area contributed by atoms with Gasteiger partial charge in [-0.3, -0.25) is 0 Å². The summed E-state index contributed by atoms with van der Waals surface area (Å²) in [4.78, 5) is 10.9. The molecule has 1 aromatic carbocycles. The summed E-state index contributed by atoms with van der Waals surface area (Å²) in [5.74, 6) is -0.636. The maximum Gasteiger partial charge on any atom is 0.338 e. The molecule has 0 radical (unpaired) electrons. The largest absolute Gasteiger partial charge is 0.478 e. The number of carboxylic acids is 1. The van der Waals surface area contributed by atoms with Crippen molar-refractivity contribution in [1.82, 2.24) is 0 Å². The predicted molar refractivity (Wildman–Crippen MR) is 74.1 cm³/mol. The van der Waals surface area contributed by atoms with Gasteiger partial charge < -0.3 is 9.84 Å². The van der Waals surface area contributed by atoms with Crippen LogP contribution in [0.5, 0.6) is 0 Å². The van der Waals surface area contributed by atoms with Crippen LogP contribution in [0.2, 0.25) is 0 Å². The van der Waals surface area contributed by atoms with E-state index >= 15 is 0 Å². The molecule has 1 N–H and O–H groups in total. The Kier molecular flexibility index (Phi) is 4.76. The zero-order valence-corrected chi connectivity index (χ0v) is 11.9. The van der Waals surface area contributed by atoms with Gasteiger partial charge in [-0.05, 0) is 48.8 Å². The molecule has 0 aromatic heterocycles. The maximum absolute atomic E-state index is 13.3. The quantitative estimate of drug-likeness (QED) is 0.910. The molecular formula is C16H21FO3. The van der Waals surface area contributed by atoms with Crippen molar-refractivity contribution in [1.29, 1.82) is 0 Å². The van der Waals surface area contributed by atoms with Crippen molar-refractivity contribution < 1.29 is 19.0 Å². The van der Waals surface area contributed by atoms with Gasteiger partial charge in [-0.1, -0.05) is 19.9 Å². The molecule has 1 saturated carbocycles. The monoisotopic (exact) mass is 280 g/mol. The molecule has 0 spiro atoms. The number of ether oxygens (including phenoxy) is 1. The average Bonchev–Trinajstić information content (AvgIpc) is 2.36. The van der Waals surface area contributed by atoms with Gasteiger partial charge in [-0.25, -0.2) is 9.18 Å². The van der Waals surface area contributed by atoms with Gasteiger partial charge in [0.1, 0.15) is 5.82 Å². The number of benzene rings is 1. The van der Waals surface area contributed by atoms with Crippen LogP contribution in [-0.2, 0) is 11.3 Å². The molecular weight excluding hydrogens is 259 g/mol. The maximum atomic E-state index is 13.3. The molecule has 20 heavy (non-hydrogen) atoms. The minimum atomic E-state index is -1.25. The first-order valence-electron chi connectivity index (χ1n) is 7.09. The molecule has 110 valence electrons. The van der Waals surface area contributed by atoms with Crippen molar-refractivity contribution in [2.24, 2.45) is 11.8 Å². The van der Waals surface area contributed by atoms with Crippen LogP contribution in [0.25, 0.3) is 0 Å². The first kappa shape index (κ1) is 15.0. The minimum absolute atomic E-state index is 0.215. The average molecular weight is 280 g/mol. The van der Waals surface area contributed by atoms with Crippen molar-refractivity contribution in [3.05, 3.63) is 35.1 Å². The van der Waals surface area contributed by atoms with Crippen LogP contribution in [-0.4, -0.2) is 17.2 Å². The molecule has 1 fully saturated rings. The Bertz CT molecular complexity index is 477. The van der Waals surface area contributed by atoms with E-state index in [1.807, 2.05) is 0 Å². The number of carboxylic acid groups (broad SMARTS) is 1. The number of halogens is 1. The minimum Gasteiger partial charge on any atom is -0.478 e. The van der Waals surface area contributed by atoms with E-state index in [1.54, 1.807) is 6.07 Å². The van der Waals surface area contributed by atoms with Crippen LogP contribution in [0.4, 0.5) is 4.39 Å². The van der Waals surface area contributed by atoms with Crippen LogP contribution in [0.15, 0.2) is 18.2 Å². The number of rotatable bonds is 4. The molecule has 4 heteroatoms. The SMILES string of the molecule is CC1CC(C)CC(OCc2ccc(F)c(C(=O)O)c2)C1. The van der Waals surface area contributed by atoms with Crippen LogP contribution in [0.3, 0.4) is 0 Å². The lowest BCUT2D eigenvalue weighted by Crippen LogP contribution is -2.26. The second kappa shape index (κ2) is 6.35. The molecule has 2 atom stereocenters. The molecule has 0 aliphatic heterocycles. The second-order valence-corrected chi connectivity index (χ2v) is 5.97. The summed E-state index contributed by atoms with van der Waals surface area (Å²) < 4.78 is 19.2. The Morgan fingerprint density at radius 1 is 1.30 bits per heavy atom. The van der Waals surface area contributed by atoms with Crippen molar-refractivity contribution in [2.75, 3.05) is 0 Å². The molecule has 0 heterocycles. The first-order valence-corrected chi connectivity index (χ1v) is 7.09. The van der Waals surface area contributed by atoms with E-state index in [-0.39, 0.29) is 11.7 Å². The van der Waals surface area contributed by atoms with Gasteiger partial charge in [-0.15, -0.1) is 0 Å². The third-order valence-corrected chi connectivity index (χ3v) is 3.88. The van der Waals surface area contributed by atoms with Crippen LogP contribution in [0.1, 0.15) is 49.0 Å². The molecule has 2 rings (SSSR count). The normalized spacial score (nSPS) is 26.4. The fraction of sp³-hybridized carbons (Fsp3) is 0.562. The van der Waals surface area contributed by atoms with Gasteiger partial charge in [-0.2, -0.15) is 0 Å². The van der Waals surface area contributed by atoms with Gasteiger partial charge in [0.25, 0.3) is 0 Å². The number of carbonyl (C=O) groups is 1. The van der Waals surface area contributed by atoms with E-state index in [0.717, 1.165) is 12.8 Å². The lowest BCUT2D eigenvalue weighted by molar-refractivity contribution is -0.00918. The highest BCUT2D eigenvalue weighted by molar-refractivity contribution is 5.88. The summed E-state index contributed by atoms with van der Waals surface area (Å²) in [5, 5.41) is 8.90. The summed E-state index contributed by atoms with van der Waals surface area (Å²) in [6.07, 6.45) is 3.53. The van der Waals surface area contributed by atoms with E-state index in [2.05, 4.69) is 13.8 Å². The number of hydrogen-bond donors (Lipinski definition) is 1. The zero-order valence-electron chi connectivity index (χ0n) is 11.9. The van der Waals surface area contributed by atoms with E-state index < -0.39 is 11.8 Å². The van der Waals surface area contributed by atoms with Gasteiger partial charge >= 0.3 is 5.97 Å². The van der Waals surface area contributed by atoms with Gasteiger partial charge in [0, 0.05) is 0 Å². The summed E-state index contributed by atoms with van der Waals surface area (Å²) in [5.41, 5.74) is 0.408. The Morgan fingerprint density at radius 2 is 1.95 bits per heavy atom. The zero-order chi connectivity index (χ0) is 14.7. The van der Waals surface area contributed by atoms with E-state index in [4.69, 9.17) is 9.84 Å². The Hall–Kier alpha value is -1.42. The van der Waals surface area contributed by atoms with Crippen LogP contribution >= 0.6 is 0 Å². The first-order chi connectivity index (χ1) is 9.45. The van der Waals surface area contributed by atoms with E-state index in [1.165, 1.54) is 18.6 Å². The molecule has 0 saturated heterocycles. The van der Waals surface area contributed by atoms with Crippen LogP contribution < -0.4 is 0 Å². The third kappa shape index (κ3) is 3.79. The fourth-order valence-corrected chi connectivity index (χ4v) is 3.05. The second-order valence-electron chi connectivity index (χ2n) is 5.97. The summed E-state index contributed by atoms with van der Waals surface area (Å²) in [6.45, 7) is 4.80. The smallest absolute Gasteiger partial charge is 0.338 e. The van der Waals surface area contributed by atoms with E-state index in [0.29, 0.717) is 24.0 Å². The molecule has 1 aliphatic rings. The summed E-state index contributed by atoms with van der Waals surface area (Å²) in [7, 11) is 0. The highest BCUT2D eigenvalue weighted by Crippen LogP contribution is 2.30. The summed E-state index contributed by atoms with van der Waals surface area (Å²) in [6, 6.07) is 4.12. The summed E-state index contributed by atoms with van der Waals surface area (Å²) >= 11 is 0. The molecule has 2 unspecified atom stereocenters. The molecule has 0 bridgehead atoms. The highest BCUT2D eigenvalue weighted by atomic mass is 19.1. The van der Waals surface area contributed by atoms with Gasteiger partial charge in [0.2, 0.25) is 0 Å². The third-order valence-electron chi connectivity index (χ3n) is 3.88. The Morgan fingerprint density at radius 3 is 2.55 bits per heavy atom. The molecule has 1 aromatic rings. The van der Waals surface area contributed by atoms with Gasteiger partial charge in [0.05, 0.1) is 18.3 Å². The Labute approximate surface area is 118 Å². The van der Waals surface area contributed by atoms with Gasteiger partial charge in [0.15, 0.2) is 0 Å². The van der Waals surface area contributed by atoms with Crippen molar-refractivity contribution in [2.45, 2.75) is 45.8 Å². The van der Waals surface area contributed by atoms with Crippen LogP contribution in [0, 0.1) is 17.7 Å². The van der Waals surface area contributed by atoms with Crippen molar-refractivity contribution >= 4 is 5.97 Å². The predicted octanol–water partition coefficient (Wildman–Crippen LogP) is 3.87. The standard InChI is InChI=1S/C16H21FO3/c1-10-5-11(2)7-13(6-10)20-9-12-3-4-15(17)14(8-12)16(18)19/h3-4,8,10-11,13H,5-7,9H2,1-2H3,(H,18,19). The van der Waals surface area contributed by atoms with Crippen molar-refractivity contribution in [3.8, 4) is 0 Å². The number of aromatic carboxylic acids is 1. The fourth-order valence-electron chi connectivity index (χ4n) is 3.05. The number of hydrogen-bond acceptors (Lipinski definition) is 2. The lowest BCUT2D eigenvalue weighted by atomic mass is 9.82. The van der Waals surface area contributed by atoms with Crippen molar-refractivity contribution in [3.63, 3.8) is 0 Å². The van der Waals surface area contributed by atoms with E-state index in [9.17, 15) is 9.18 Å².